The molecule has 0 radical (unpaired) electrons. The lowest BCUT2D eigenvalue weighted by atomic mass is 9.86. The highest BCUT2D eigenvalue weighted by molar-refractivity contribution is 7.90. The van der Waals surface area contributed by atoms with Crippen LogP contribution in [0.5, 0.6) is 0 Å². The van der Waals surface area contributed by atoms with Crippen LogP contribution in [0.15, 0.2) is 24.3 Å². The molecule has 0 heterocycles. The lowest BCUT2D eigenvalue weighted by Gasteiger charge is -2.24. The number of hydrogen-bond donors (Lipinski definition) is 1. The summed E-state index contributed by atoms with van der Waals surface area (Å²) in [5.74, 6) is -1.15. The molecule has 1 unspecified atom stereocenters. The molecular formula is C15H22O4S. The first-order valence-corrected chi connectivity index (χ1v) is 8.57. The smallest absolute Gasteiger partial charge is 0.306 e. The van der Waals surface area contributed by atoms with Crippen LogP contribution in [0.25, 0.3) is 0 Å². The molecule has 1 aromatic rings. The van der Waals surface area contributed by atoms with Crippen LogP contribution >= 0.6 is 0 Å². The van der Waals surface area contributed by atoms with Gasteiger partial charge in [0, 0.05) is 11.7 Å². The summed E-state index contributed by atoms with van der Waals surface area (Å²) in [6.45, 7) is 5.45. The maximum atomic E-state index is 11.4. The first kappa shape index (κ1) is 16.7. The van der Waals surface area contributed by atoms with Gasteiger partial charge in [-0.2, -0.15) is 0 Å². The van der Waals surface area contributed by atoms with Crippen molar-refractivity contribution in [3.8, 4) is 0 Å². The van der Waals surface area contributed by atoms with E-state index in [1.807, 2.05) is 38.1 Å². The second kappa shape index (κ2) is 5.95. The topological polar surface area (TPSA) is 71.4 Å². The van der Waals surface area contributed by atoms with Gasteiger partial charge in [0.1, 0.15) is 9.84 Å². The van der Waals surface area contributed by atoms with Gasteiger partial charge in [-0.25, -0.2) is 8.42 Å². The van der Waals surface area contributed by atoms with Gasteiger partial charge >= 0.3 is 5.97 Å². The van der Waals surface area contributed by atoms with Crippen molar-refractivity contribution in [1.82, 2.24) is 0 Å². The molecule has 0 spiro atoms. The number of benzene rings is 1. The van der Waals surface area contributed by atoms with Crippen LogP contribution in [0.2, 0.25) is 0 Å². The average Bonchev–Trinajstić information content (AvgIpc) is 2.26. The summed E-state index contributed by atoms with van der Waals surface area (Å²) in [4.78, 5) is 10.8. The van der Waals surface area contributed by atoms with E-state index in [9.17, 15) is 13.2 Å². The summed E-state index contributed by atoms with van der Waals surface area (Å²) in [5.41, 5.74) is 1.43. The summed E-state index contributed by atoms with van der Waals surface area (Å²) in [5, 5.41) is 8.89. The van der Waals surface area contributed by atoms with Crippen molar-refractivity contribution in [2.24, 2.45) is 5.92 Å². The fourth-order valence-electron chi connectivity index (χ4n) is 2.27. The number of hydrogen-bond acceptors (Lipinski definition) is 3. The zero-order chi connectivity index (χ0) is 15.6. The Hall–Kier alpha value is -1.36. The number of sulfone groups is 1. The number of carboxylic acids is 1. The van der Waals surface area contributed by atoms with Gasteiger partial charge in [-0.3, -0.25) is 4.79 Å². The fourth-order valence-corrected chi connectivity index (χ4v) is 3.75. The summed E-state index contributed by atoms with van der Waals surface area (Å²) in [7, 11) is -3.05. The maximum absolute atomic E-state index is 11.4. The van der Waals surface area contributed by atoms with E-state index in [2.05, 4.69) is 0 Å². The predicted molar refractivity (Wildman–Crippen MR) is 79.7 cm³/mol. The molecule has 0 fully saturated rings. The van der Waals surface area contributed by atoms with E-state index in [1.54, 1.807) is 6.92 Å². The van der Waals surface area contributed by atoms with E-state index in [-0.39, 0.29) is 5.75 Å². The van der Waals surface area contributed by atoms with Crippen LogP contribution in [0, 0.1) is 5.92 Å². The molecule has 0 amide bonds. The Morgan fingerprint density at radius 1 is 1.25 bits per heavy atom. The molecule has 112 valence electrons. The van der Waals surface area contributed by atoms with Crippen molar-refractivity contribution in [3.63, 3.8) is 0 Å². The van der Waals surface area contributed by atoms with Crippen LogP contribution in [0.1, 0.15) is 31.9 Å². The number of carbonyl (C=O) groups is 1. The normalized spacial score (nSPS) is 14.0. The van der Waals surface area contributed by atoms with Gasteiger partial charge in [0.15, 0.2) is 0 Å². The number of rotatable bonds is 6. The Labute approximate surface area is 120 Å². The lowest BCUT2D eigenvalue weighted by molar-refractivity contribution is -0.141. The second-order valence-corrected chi connectivity index (χ2v) is 8.23. The summed E-state index contributed by atoms with van der Waals surface area (Å²) < 4.78 is 22.9. The van der Waals surface area contributed by atoms with E-state index in [1.165, 1.54) is 6.26 Å². The van der Waals surface area contributed by atoms with Crippen LogP contribution in [-0.2, 0) is 26.5 Å². The Morgan fingerprint density at radius 2 is 1.75 bits per heavy atom. The second-order valence-electron chi connectivity index (χ2n) is 6.09. The highest BCUT2D eigenvalue weighted by Gasteiger charge is 2.25. The van der Waals surface area contributed by atoms with Gasteiger partial charge in [0.2, 0.25) is 0 Å². The third-order valence-corrected chi connectivity index (χ3v) is 4.57. The molecule has 0 aliphatic heterocycles. The molecule has 0 saturated carbocycles. The molecular weight excluding hydrogens is 276 g/mol. The zero-order valence-corrected chi connectivity index (χ0v) is 13.2. The van der Waals surface area contributed by atoms with Crippen molar-refractivity contribution in [3.05, 3.63) is 35.4 Å². The van der Waals surface area contributed by atoms with Crippen molar-refractivity contribution < 1.29 is 18.3 Å². The fraction of sp³-hybridized carbons (Fsp3) is 0.533. The summed E-state index contributed by atoms with van der Waals surface area (Å²) >= 11 is 0. The van der Waals surface area contributed by atoms with E-state index in [0.717, 1.165) is 11.1 Å². The van der Waals surface area contributed by atoms with E-state index in [0.29, 0.717) is 6.42 Å². The lowest BCUT2D eigenvalue weighted by Crippen LogP contribution is -2.27. The van der Waals surface area contributed by atoms with E-state index < -0.39 is 27.1 Å². The minimum atomic E-state index is -3.05. The summed E-state index contributed by atoms with van der Waals surface area (Å²) in [6, 6.07) is 7.52. The zero-order valence-electron chi connectivity index (χ0n) is 12.4. The molecule has 4 nitrogen and oxygen atoms in total. The SMILES string of the molecule is CC(Cc1ccc(C(C)(C)CS(C)(=O)=O)cc1)C(=O)O. The first-order valence-electron chi connectivity index (χ1n) is 6.51. The molecule has 1 N–H and O–H groups in total. The molecule has 1 atom stereocenters. The molecule has 1 aromatic carbocycles. The quantitative estimate of drug-likeness (QED) is 0.874. The molecule has 0 saturated heterocycles. The van der Waals surface area contributed by atoms with E-state index >= 15 is 0 Å². The molecule has 0 aliphatic carbocycles. The van der Waals surface area contributed by atoms with Gasteiger partial charge in [-0.15, -0.1) is 0 Å². The Bertz CT molecular complexity index is 570. The van der Waals surface area contributed by atoms with Crippen molar-refractivity contribution in [2.45, 2.75) is 32.6 Å². The molecule has 0 aromatic heterocycles. The first-order chi connectivity index (χ1) is 9.01. The standard InChI is InChI=1S/C15H22O4S/c1-11(14(16)17)9-12-5-7-13(8-6-12)15(2,3)10-20(4,18)19/h5-8,11H,9-10H2,1-4H3,(H,16,17). The Kier molecular flexibility index (Phi) is 4.97. The molecule has 5 heteroatoms. The minimum Gasteiger partial charge on any atom is -0.481 e. The van der Waals surface area contributed by atoms with Gasteiger partial charge in [0.05, 0.1) is 11.7 Å². The van der Waals surface area contributed by atoms with Crippen LogP contribution in [-0.4, -0.2) is 31.5 Å². The average molecular weight is 298 g/mol. The third-order valence-electron chi connectivity index (χ3n) is 3.32. The highest BCUT2D eigenvalue weighted by atomic mass is 32.2. The third kappa shape index (κ3) is 4.96. The number of aliphatic carboxylic acids is 1. The Balaban J connectivity index is 2.88. The monoisotopic (exact) mass is 298 g/mol. The van der Waals surface area contributed by atoms with Gasteiger partial charge in [0.25, 0.3) is 0 Å². The van der Waals surface area contributed by atoms with Crippen molar-refractivity contribution in [2.75, 3.05) is 12.0 Å². The molecule has 0 aliphatic rings. The largest absolute Gasteiger partial charge is 0.481 e. The van der Waals surface area contributed by atoms with E-state index in [4.69, 9.17) is 5.11 Å². The van der Waals surface area contributed by atoms with Gasteiger partial charge in [-0.05, 0) is 17.5 Å². The Morgan fingerprint density at radius 3 is 2.15 bits per heavy atom. The van der Waals surface area contributed by atoms with Gasteiger partial charge < -0.3 is 5.11 Å². The number of carboxylic acid groups (broad SMARTS) is 1. The van der Waals surface area contributed by atoms with Crippen LogP contribution in [0.3, 0.4) is 0 Å². The molecule has 1 rings (SSSR count). The molecule has 0 bridgehead atoms. The van der Waals surface area contributed by atoms with Crippen LogP contribution < -0.4 is 0 Å². The maximum Gasteiger partial charge on any atom is 0.306 e. The predicted octanol–water partition coefficient (Wildman–Crippen LogP) is 2.27. The van der Waals surface area contributed by atoms with Crippen molar-refractivity contribution in [1.29, 1.82) is 0 Å². The highest BCUT2D eigenvalue weighted by Crippen LogP contribution is 2.25. The van der Waals surface area contributed by atoms with Crippen LogP contribution in [0.4, 0.5) is 0 Å². The van der Waals surface area contributed by atoms with Gasteiger partial charge in [-0.1, -0.05) is 45.0 Å². The molecule has 20 heavy (non-hydrogen) atoms. The van der Waals surface area contributed by atoms with Crippen molar-refractivity contribution >= 4 is 15.8 Å². The summed E-state index contributed by atoms with van der Waals surface area (Å²) in [6.07, 6.45) is 1.71. The minimum absolute atomic E-state index is 0.0882.